The number of rotatable bonds is 6. The van der Waals surface area contributed by atoms with Crippen LogP contribution in [0.1, 0.15) is 44.6 Å². The number of unbranched alkanes of at least 4 members (excludes halogenated alkanes) is 1. The predicted octanol–water partition coefficient (Wildman–Crippen LogP) is 3.89. The number of halogens is 1. The summed E-state index contributed by atoms with van der Waals surface area (Å²) in [6, 6.07) is 3.09. The summed E-state index contributed by atoms with van der Waals surface area (Å²) in [6.45, 7) is 4.10. The molecular formula is C12H18ClNO3S. The van der Waals surface area contributed by atoms with Crippen LogP contribution in [0.2, 0.25) is 5.02 Å². The van der Waals surface area contributed by atoms with Gasteiger partial charge in [-0.25, -0.2) is 4.21 Å². The van der Waals surface area contributed by atoms with E-state index in [-0.39, 0.29) is 16.7 Å². The van der Waals surface area contributed by atoms with Gasteiger partial charge >= 0.3 is 0 Å². The average Bonchev–Trinajstić information content (AvgIpc) is 2.29. The molecule has 3 N–H and O–H groups in total. The van der Waals surface area contributed by atoms with Crippen LogP contribution in [0.15, 0.2) is 12.1 Å². The molecule has 0 fully saturated rings. The molecule has 0 aliphatic heterocycles. The smallest absolute Gasteiger partial charge is 0.259 e. The molecule has 0 heterocycles. The largest absolute Gasteiger partial charge is 0.506 e. The summed E-state index contributed by atoms with van der Waals surface area (Å²) in [6.07, 6.45) is 3.07. The molecule has 0 aliphatic rings. The number of anilines is 1. The van der Waals surface area contributed by atoms with Gasteiger partial charge in [-0.2, -0.15) is 0 Å². The molecule has 0 saturated carbocycles. The Morgan fingerprint density at radius 2 is 2.17 bits per heavy atom. The highest BCUT2D eigenvalue weighted by Crippen LogP contribution is 2.37. The molecule has 0 saturated heterocycles. The second kappa shape index (κ2) is 6.97. The quantitative estimate of drug-likeness (QED) is 0.550. The fourth-order valence-corrected chi connectivity index (χ4v) is 2.37. The van der Waals surface area contributed by atoms with Gasteiger partial charge in [-0.05, 0) is 24.5 Å². The number of hydrogen-bond donors (Lipinski definition) is 3. The predicted molar refractivity (Wildman–Crippen MR) is 75.5 cm³/mol. The molecule has 0 spiro atoms. The molecule has 1 rings (SSSR count). The van der Waals surface area contributed by atoms with Gasteiger partial charge in [-0.3, -0.25) is 9.27 Å². The van der Waals surface area contributed by atoms with Gasteiger partial charge in [0.1, 0.15) is 5.75 Å². The van der Waals surface area contributed by atoms with Crippen molar-refractivity contribution in [3.63, 3.8) is 0 Å². The first-order valence-electron chi connectivity index (χ1n) is 5.85. The Balaban J connectivity index is 3.01. The zero-order valence-electron chi connectivity index (χ0n) is 10.4. The molecule has 102 valence electrons. The van der Waals surface area contributed by atoms with E-state index < -0.39 is 11.3 Å². The van der Waals surface area contributed by atoms with Crippen LogP contribution in [0, 0.1) is 0 Å². The second-order valence-electron chi connectivity index (χ2n) is 4.29. The van der Waals surface area contributed by atoms with Gasteiger partial charge in [-0.15, -0.1) is 0 Å². The van der Waals surface area contributed by atoms with Crippen molar-refractivity contribution in [1.82, 2.24) is 0 Å². The lowest BCUT2D eigenvalue weighted by Crippen LogP contribution is -2.03. The van der Waals surface area contributed by atoms with Gasteiger partial charge < -0.3 is 5.11 Å². The number of phenolic OH excluding ortho intramolecular Hbond substituents is 1. The number of hydrogen-bond acceptors (Lipinski definition) is 2. The highest BCUT2D eigenvalue weighted by atomic mass is 35.5. The van der Waals surface area contributed by atoms with E-state index >= 15 is 0 Å². The van der Waals surface area contributed by atoms with Crippen molar-refractivity contribution in [2.75, 3.05) is 4.72 Å². The minimum absolute atomic E-state index is 0.0505. The summed E-state index contributed by atoms with van der Waals surface area (Å²) in [7, 11) is 0. The molecule has 0 radical (unpaired) electrons. The van der Waals surface area contributed by atoms with E-state index in [4.69, 9.17) is 16.2 Å². The molecule has 6 heteroatoms. The molecular weight excluding hydrogens is 274 g/mol. The highest BCUT2D eigenvalue weighted by molar-refractivity contribution is 7.80. The van der Waals surface area contributed by atoms with E-state index in [1.807, 2.05) is 6.92 Å². The third-order valence-electron chi connectivity index (χ3n) is 2.82. The normalized spacial score (nSPS) is 14.2. The molecule has 0 bridgehead atoms. The van der Waals surface area contributed by atoms with Gasteiger partial charge in [0.25, 0.3) is 11.3 Å². The first kappa shape index (κ1) is 15.3. The molecule has 1 aromatic carbocycles. The molecule has 1 aromatic rings. The van der Waals surface area contributed by atoms with Crippen LogP contribution >= 0.6 is 11.6 Å². The van der Waals surface area contributed by atoms with Crippen molar-refractivity contribution in [1.29, 1.82) is 0 Å². The van der Waals surface area contributed by atoms with Gasteiger partial charge in [-0.1, -0.05) is 38.3 Å². The molecule has 4 nitrogen and oxygen atoms in total. The second-order valence-corrected chi connectivity index (χ2v) is 5.40. The van der Waals surface area contributed by atoms with Crippen molar-refractivity contribution in [3.8, 4) is 5.75 Å². The standard InChI is InChI=1S/C12H18ClNO3S/c1-3-4-5-8(2)10-6-9(14-18(16)17)7-11(13)12(10)15/h6-8,14-15H,3-5H2,1-2H3,(H,16,17). The van der Waals surface area contributed by atoms with Crippen molar-refractivity contribution in [2.24, 2.45) is 0 Å². The van der Waals surface area contributed by atoms with Crippen LogP contribution in [0.3, 0.4) is 0 Å². The monoisotopic (exact) mass is 291 g/mol. The number of benzene rings is 1. The maximum Gasteiger partial charge on any atom is 0.259 e. The maximum atomic E-state index is 10.7. The molecule has 0 amide bonds. The summed E-state index contributed by atoms with van der Waals surface area (Å²) < 4.78 is 21.9. The minimum Gasteiger partial charge on any atom is -0.506 e. The average molecular weight is 292 g/mol. The minimum atomic E-state index is -2.15. The first-order chi connectivity index (χ1) is 8.45. The lowest BCUT2D eigenvalue weighted by Gasteiger charge is -2.15. The Bertz CT molecular complexity index is 440. The SMILES string of the molecule is CCCCC(C)c1cc(NS(=O)O)cc(Cl)c1O. The molecule has 18 heavy (non-hydrogen) atoms. The summed E-state index contributed by atoms with van der Waals surface area (Å²) in [5.74, 6) is 0.200. The van der Waals surface area contributed by atoms with Crippen LogP contribution < -0.4 is 4.72 Å². The molecule has 0 aromatic heterocycles. The number of phenols is 1. The molecule has 2 unspecified atom stereocenters. The third-order valence-corrected chi connectivity index (χ3v) is 3.52. The zero-order chi connectivity index (χ0) is 13.7. The van der Waals surface area contributed by atoms with Crippen LogP contribution in [0.5, 0.6) is 5.75 Å². The van der Waals surface area contributed by atoms with Gasteiger partial charge in [0, 0.05) is 5.56 Å². The Hall–Kier alpha value is -0.780. The summed E-state index contributed by atoms with van der Waals surface area (Å²) in [5.41, 5.74) is 1.13. The fourth-order valence-electron chi connectivity index (χ4n) is 1.82. The van der Waals surface area contributed by atoms with Gasteiger partial charge in [0.2, 0.25) is 0 Å². The lowest BCUT2D eigenvalue weighted by atomic mass is 9.94. The van der Waals surface area contributed by atoms with E-state index in [1.54, 1.807) is 6.07 Å². The molecule has 0 aliphatic carbocycles. The Kier molecular flexibility index (Phi) is 5.91. The summed E-state index contributed by atoms with van der Waals surface area (Å²) >= 11 is 3.76. The Labute approximate surface area is 115 Å². The van der Waals surface area contributed by atoms with Crippen molar-refractivity contribution in [3.05, 3.63) is 22.7 Å². The highest BCUT2D eigenvalue weighted by Gasteiger charge is 2.15. The lowest BCUT2D eigenvalue weighted by molar-refractivity contribution is 0.459. The summed E-state index contributed by atoms with van der Waals surface area (Å²) in [5, 5.41) is 10.1. The van der Waals surface area contributed by atoms with Crippen molar-refractivity contribution >= 4 is 28.6 Å². The van der Waals surface area contributed by atoms with Gasteiger partial charge in [0.15, 0.2) is 0 Å². The van der Waals surface area contributed by atoms with Crippen LogP contribution in [0.4, 0.5) is 5.69 Å². The fraction of sp³-hybridized carbons (Fsp3) is 0.500. The Morgan fingerprint density at radius 1 is 1.50 bits per heavy atom. The topological polar surface area (TPSA) is 69.6 Å². The van der Waals surface area contributed by atoms with Crippen molar-refractivity contribution in [2.45, 2.75) is 39.0 Å². The van der Waals surface area contributed by atoms with Crippen LogP contribution in [-0.2, 0) is 11.3 Å². The Morgan fingerprint density at radius 3 is 2.72 bits per heavy atom. The van der Waals surface area contributed by atoms with E-state index in [1.165, 1.54) is 6.07 Å². The van der Waals surface area contributed by atoms with Crippen LogP contribution in [-0.4, -0.2) is 13.9 Å². The van der Waals surface area contributed by atoms with Crippen molar-refractivity contribution < 1.29 is 13.9 Å². The van der Waals surface area contributed by atoms with E-state index in [9.17, 15) is 9.32 Å². The van der Waals surface area contributed by atoms with Crippen LogP contribution in [0.25, 0.3) is 0 Å². The van der Waals surface area contributed by atoms with E-state index in [2.05, 4.69) is 11.6 Å². The van der Waals surface area contributed by atoms with E-state index in [0.29, 0.717) is 11.3 Å². The zero-order valence-corrected chi connectivity index (χ0v) is 12.0. The third kappa shape index (κ3) is 4.15. The summed E-state index contributed by atoms with van der Waals surface area (Å²) in [4.78, 5) is 0. The van der Waals surface area contributed by atoms with E-state index in [0.717, 1.165) is 19.3 Å². The van der Waals surface area contributed by atoms with Gasteiger partial charge in [0.05, 0.1) is 10.7 Å². The first-order valence-corrected chi connectivity index (χ1v) is 7.34. The number of nitrogens with one attached hydrogen (secondary N) is 1. The molecule has 2 atom stereocenters. The maximum absolute atomic E-state index is 10.7. The number of aromatic hydroxyl groups is 1.